The molecule has 0 unspecified atom stereocenters. The lowest BCUT2D eigenvalue weighted by Crippen LogP contribution is -2.13. The number of hydrogen-bond acceptors (Lipinski definition) is 6. The summed E-state index contributed by atoms with van der Waals surface area (Å²) in [5, 5.41) is 17.6. The Bertz CT molecular complexity index is 1120. The minimum Gasteiger partial charge on any atom is -0.507 e. The lowest BCUT2D eigenvalue weighted by atomic mass is 10.00. The Balaban J connectivity index is 1.64. The Kier molecular flexibility index (Phi) is 6.18. The molecule has 1 aliphatic carbocycles. The summed E-state index contributed by atoms with van der Waals surface area (Å²) in [5.41, 5.74) is 5.72. The average molecular weight is 441 g/mol. The Morgan fingerprint density at radius 2 is 1.94 bits per heavy atom. The number of aromatic nitrogens is 3. The molecule has 0 radical (unpaired) electrons. The second kappa shape index (κ2) is 9.01. The largest absolute Gasteiger partial charge is 0.507 e. The van der Waals surface area contributed by atoms with Gasteiger partial charge < -0.3 is 14.6 Å². The molecule has 2 aromatic carbocycles. The van der Waals surface area contributed by atoms with Crippen LogP contribution in [0, 0.1) is 4.77 Å². The van der Waals surface area contributed by atoms with E-state index in [1.165, 1.54) is 12.8 Å². The van der Waals surface area contributed by atoms with Gasteiger partial charge in [-0.15, -0.1) is 0 Å². The van der Waals surface area contributed by atoms with Crippen molar-refractivity contribution in [1.29, 1.82) is 0 Å². The van der Waals surface area contributed by atoms with Gasteiger partial charge in [0, 0.05) is 6.07 Å². The van der Waals surface area contributed by atoms with Gasteiger partial charge in [-0.3, -0.25) is 5.43 Å². The van der Waals surface area contributed by atoms with Crippen LogP contribution in [0.1, 0.15) is 51.0 Å². The number of benzene rings is 2. The van der Waals surface area contributed by atoms with Crippen LogP contribution in [0.2, 0.25) is 0 Å². The molecular weight excluding hydrogens is 412 g/mol. The third-order valence-electron chi connectivity index (χ3n) is 5.60. The second-order valence-corrected chi connectivity index (χ2v) is 8.51. The van der Waals surface area contributed by atoms with Gasteiger partial charge in [-0.2, -0.15) is 5.10 Å². The van der Waals surface area contributed by atoms with Gasteiger partial charge in [0.15, 0.2) is 17.3 Å². The van der Waals surface area contributed by atoms with Crippen molar-refractivity contribution < 1.29 is 14.6 Å². The highest BCUT2D eigenvalue weighted by Crippen LogP contribution is 2.35. The minimum absolute atomic E-state index is 0.138. The molecule has 1 aromatic heterocycles. The number of aromatic hydroxyl groups is 1. The lowest BCUT2D eigenvalue weighted by molar-refractivity contribution is 0.201. The van der Waals surface area contributed by atoms with Crippen LogP contribution in [0.4, 0.5) is 5.69 Å². The molecular formula is C23H28N4O3S. The number of H-pyrrole nitrogens is 1. The van der Waals surface area contributed by atoms with Gasteiger partial charge in [0.25, 0.3) is 0 Å². The summed E-state index contributed by atoms with van der Waals surface area (Å²) in [5.74, 6) is 2.34. The maximum atomic E-state index is 10.5. The third kappa shape index (κ3) is 4.54. The van der Waals surface area contributed by atoms with E-state index in [2.05, 4.69) is 29.5 Å². The molecule has 164 valence electrons. The molecule has 0 amide bonds. The van der Waals surface area contributed by atoms with E-state index < -0.39 is 0 Å². The van der Waals surface area contributed by atoms with Crippen LogP contribution in [0.3, 0.4) is 0 Å². The van der Waals surface area contributed by atoms with Crippen molar-refractivity contribution in [3.05, 3.63) is 46.7 Å². The van der Waals surface area contributed by atoms with Crippen LogP contribution in [-0.2, 0) is 0 Å². The predicted molar refractivity (Wildman–Crippen MR) is 124 cm³/mol. The molecule has 0 aliphatic heterocycles. The van der Waals surface area contributed by atoms with E-state index in [0.29, 0.717) is 27.8 Å². The number of ether oxygens (including phenoxy) is 2. The zero-order valence-corrected chi connectivity index (χ0v) is 18.8. The number of phenolic OH excluding ortho intramolecular Hbond substituents is 1. The molecule has 3 aromatic rings. The van der Waals surface area contributed by atoms with Gasteiger partial charge in [-0.05, 0) is 73.6 Å². The van der Waals surface area contributed by atoms with Crippen molar-refractivity contribution in [3.8, 4) is 28.6 Å². The lowest BCUT2D eigenvalue weighted by Gasteiger charge is -2.17. The Hall–Kier alpha value is -3.00. The number of nitrogens with zero attached hydrogens (tertiary/aromatic N) is 2. The highest BCUT2D eigenvalue weighted by atomic mass is 32.1. The molecule has 31 heavy (non-hydrogen) atoms. The maximum absolute atomic E-state index is 10.5. The number of methoxy groups -OCH3 is 1. The van der Waals surface area contributed by atoms with Gasteiger partial charge >= 0.3 is 0 Å². The first kappa shape index (κ1) is 21.2. The first-order valence-corrected chi connectivity index (χ1v) is 11.0. The van der Waals surface area contributed by atoms with Gasteiger partial charge in [0.05, 0.1) is 24.5 Å². The van der Waals surface area contributed by atoms with Gasteiger partial charge in [0.2, 0.25) is 4.77 Å². The van der Waals surface area contributed by atoms with Crippen LogP contribution in [0.15, 0.2) is 36.4 Å². The summed E-state index contributed by atoms with van der Waals surface area (Å²) in [6.07, 6.45) is 4.82. The second-order valence-electron chi connectivity index (χ2n) is 8.12. The molecule has 0 spiro atoms. The highest BCUT2D eigenvalue weighted by Gasteiger charge is 2.19. The summed E-state index contributed by atoms with van der Waals surface area (Å²) in [7, 11) is 1.63. The number of anilines is 1. The van der Waals surface area contributed by atoms with Crippen LogP contribution in [0.25, 0.3) is 11.4 Å². The topological polar surface area (TPSA) is 84.3 Å². The Morgan fingerprint density at radius 3 is 2.65 bits per heavy atom. The van der Waals surface area contributed by atoms with Crippen LogP contribution in [0.5, 0.6) is 17.2 Å². The summed E-state index contributed by atoms with van der Waals surface area (Å²) in [6.45, 7) is 4.21. The van der Waals surface area contributed by atoms with Crippen molar-refractivity contribution in [2.45, 2.75) is 51.6 Å². The third-order valence-corrected chi connectivity index (χ3v) is 5.87. The van der Waals surface area contributed by atoms with Crippen LogP contribution < -0.4 is 14.9 Å². The SMILES string of the molecule is COc1cc(Nn2c(-c3cc(C(C)C)ccc3O)n[nH]c2=S)ccc1OC1CCCC1. The monoisotopic (exact) mass is 440 g/mol. The smallest absolute Gasteiger partial charge is 0.214 e. The molecule has 4 rings (SSSR count). The predicted octanol–water partition coefficient (Wildman–Crippen LogP) is 5.64. The highest BCUT2D eigenvalue weighted by molar-refractivity contribution is 7.71. The molecule has 3 N–H and O–H groups in total. The fourth-order valence-corrected chi connectivity index (χ4v) is 4.00. The minimum atomic E-state index is 0.138. The molecule has 0 atom stereocenters. The van der Waals surface area contributed by atoms with E-state index in [-0.39, 0.29) is 11.9 Å². The van der Waals surface area contributed by atoms with Crippen LogP contribution in [-0.4, -0.2) is 33.2 Å². The zero-order valence-electron chi connectivity index (χ0n) is 18.0. The number of nitrogens with one attached hydrogen (secondary N) is 2. The van der Waals surface area contributed by atoms with E-state index in [4.69, 9.17) is 21.7 Å². The quantitative estimate of drug-likeness (QED) is 0.412. The summed E-state index contributed by atoms with van der Waals surface area (Å²) in [4.78, 5) is 0. The van der Waals surface area contributed by atoms with Crippen molar-refractivity contribution in [3.63, 3.8) is 0 Å². The number of aromatic amines is 1. The van der Waals surface area contributed by atoms with E-state index in [1.807, 2.05) is 30.3 Å². The summed E-state index contributed by atoms with van der Waals surface area (Å²) in [6, 6.07) is 11.2. The molecule has 1 aliphatic rings. The van der Waals surface area contributed by atoms with Crippen molar-refractivity contribution in [2.24, 2.45) is 0 Å². The normalized spacial score (nSPS) is 14.2. The Morgan fingerprint density at radius 1 is 1.16 bits per heavy atom. The first-order valence-electron chi connectivity index (χ1n) is 10.6. The first-order chi connectivity index (χ1) is 15.0. The van der Waals surface area contributed by atoms with Crippen molar-refractivity contribution in [2.75, 3.05) is 12.5 Å². The van der Waals surface area contributed by atoms with E-state index in [0.717, 1.165) is 29.8 Å². The van der Waals surface area contributed by atoms with Gasteiger partial charge in [0.1, 0.15) is 5.75 Å². The number of phenols is 1. The standard InChI is InChI=1S/C23H28N4O3S/c1-14(2)15-8-10-19(28)18(12-15)22-24-25-23(31)27(22)26-16-9-11-20(21(13-16)29-3)30-17-6-4-5-7-17/h8-14,17,26,28H,4-7H2,1-3H3,(H,25,31). The van der Waals surface area contributed by atoms with E-state index in [9.17, 15) is 5.11 Å². The van der Waals surface area contributed by atoms with E-state index in [1.54, 1.807) is 17.9 Å². The summed E-state index contributed by atoms with van der Waals surface area (Å²) < 4.78 is 13.7. The van der Waals surface area contributed by atoms with E-state index >= 15 is 0 Å². The van der Waals surface area contributed by atoms with Gasteiger partial charge in [-0.25, -0.2) is 9.77 Å². The molecule has 8 heteroatoms. The number of rotatable bonds is 7. The van der Waals surface area contributed by atoms with Crippen molar-refractivity contribution in [1.82, 2.24) is 14.9 Å². The molecule has 1 fully saturated rings. The fraction of sp³-hybridized carbons (Fsp3) is 0.391. The van der Waals surface area contributed by atoms with Crippen LogP contribution >= 0.6 is 12.2 Å². The molecule has 1 saturated carbocycles. The van der Waals surface area contributed by atoms with Crippen molar-refractivity contribution >= 4 is 17.9 Å². The van der Waals surface area contributed by atoms with Gasteiger partial charge in [-0.1, -0.05) is 19.9 Å². The Labute approximate surface area is 187 Å². The zero-order chi connectivity index (χ0) is 22.0. The number of hydrogen-bond donors (Lipinski definition) is 3. The molecule has 0 bridgehead atoms. The molecule has 1 heterocycles. The molecule has 0 saturated heterocycles. The molecule has 7 nitrogen and oxygen atoms in total. The maximum Gasteiger partial charge on any atom is 0.214 e. The fourth-order valence-electron chi connectivity index (χ4n) is 3.82. The summed E-state index contributed by atoms with van der Waals surface area (Å²) >= 11 is 5.43. The average Bonchev–Trinajstić information content (AvgIpc) is 3.39.